The fourth-order valence-corrected chi connectivity index (χ4v) is 12.7. The SMILES string of the molecule is C[Si](C)(C)c1ccc2c(ccc3ccccc32)c1-c1cc2ccccc2c(-c2cccc3ccccc23)c1-c1c([Si](C)(C)C)ccc2c1ccc1ccccc12. The van der Waals surface area contributed by atoms with Gasteiger partial charge in [-0.05, 0) is 104 Å². The van der Waals surface area contributed by atoms with E-state index in [2.05, 4.69) is 209 Å². The lowest BCUT2D eigenvalue weighted by molar-refractivity contribution is 1.63. The second-order valence-electron chi connectivity index (χ2n) is 17.7. The van der Waals surface area contributed by atoms with Crippen LogP contribution in [0.2, 0.25) is 39.3 Å². The van der Waals surface area contributed by atoms with E-state index in [-0.39, 0.29) is 0 Å². The number of rotatable bonds is 5. The quantitative estimate of drug-likeness (QED) is 0.121. The summed E-state index contributed by atoms with van der Waals surface area (Å²) in [5.74, 6) is 0. The molecule has 2 heteroatoms. The van der Waals surface area contributed by atoms with Crippen LogP contribution in [0.15, 0.2) is 170 Å². The smallest absolute Gasteiger partial charge is 0.0656 e. The van der Waals surface area contributed by atoms with Crippen molar-refractivity contribution in [2.24, 2.45) is 0 Å². The van der Waals surface area contributed by atoms with E-state index in [1.165, 1.54) is 108 Å². The zero-order valence-electron chi connectivity index (χ0n) is 33.2. The number of hydrogen-bond acceptors (Lipinski definition) is 0. The van der Waals surface area contributed by atoms with Crippen LogP contribution < -0.4 is 10.4 Å². The Morgan fingerprint density at radius 3 is 1.25 bits per heavy atom. The van der Waals surface area contributed by atoms with Gasteiger partial charge in [-0.2, -0.15) is 0 Å². The van der Waals surface area contributed by atoms with E-state index in [1.807, 2.05) is 0 Å². The van der Waals surface area contributed by atoms with Crippen LogP contribution in [0.25, 0.3) is 98.0 Å². The summed E-state index contributed by atoms with van der Waals surface area (Å²) in [4.78, 5) is 0. The third kappa shape index (κ3) is 5.46. The summed E-state index contributed by atoms with van der Waals surface area (Å²) in [5.41, 5.74) is 8.11. The Balaban J connectivity index is 1.52. The summed E-state index contributed by atoms with van der Waals surface area (Å²) in [6.07, 6.45) is 0. The second kappa shape index (κ2) is 12.9. The summed E-state index contributed by atoms with van der Waals surface area (Å²) < 4.78 is 0. The first-order valence-corrected chi connectivity index (χ1v) is 27.0. The molecule has 0 amide bonds. The monoisotopic (exact) mass is 750 g/mol. The molecule has 0 aliphatic heterocycles. The second-order valence-corrected chi connectivity index (χ2v) is 27.7. The molecule has 0 spiro atoms. The molecular formula is C54H46Si2. The van der Waals surface area contributed by atoms with Gasteiger partial charge in [0, 0.05) is 0 Å². The summed E-state index contributed by atoms with van der Waals surface area (Å²) >= 11 is 0. The van der Waals surface area contributed by atoms with Crippen molar-refractivity contribution < 1.29 is 0 Å². The van der Waals surface area contributed by atoms with Gasteiger partial charge in [-0.25, -0.2) is 0 Å². The van der Waals surface area contributed by atoms with Gasteiger partial charge in [0.1, 0.15) is 0 Å². The lowest BCUT2D eigenvalue weighted by atomic mass is 9.80. The van der Waals surface area contributed by atoms with E-state index in [0.29, 0.717) is 0 Å². The summed E-state index contributed by atoms with van der Waals surface area (Å²) in [7, 11) is -3.85. The largest absolute Gasteiger partial charge is 0.0784 e. The van der Waals surface area contributed by atoms with Crippen molar-refractivity contribution in [3.63, 3.8) is 0 Å². The van der Waals surface area contributed by atoms with Crippen LogP contribution in [0, 0.1) is 0 Å². The molecule has 270 valence electrons. The van der Waals surface area contributed by atoms with Gasteiger partial charge < -0.3 is 0 Å². The number of benzene rings is 10. The maximum atomic E-state index is 2.56. The number of fused-ring (bicyclic) bond motifs is 8. The highest BCUT2D eigenvalue weighted by molar-refractivity contribution is 6.90. The summed E-state index contributed by atoms with van der Waals surface area (Å²) in [6.45, 7) is 15.1. The molecule has 10 aromatic rings. The molecule has 0 atom stereocenters. The molecule has 0 aliphatic rings. The topological polar surface area (TPSA) is 0 Å². The highest BCUT2D eigenvalue weighted by atomic mass is 28.3. The van der Waals surface area contributed by atoms with E-state index in [0.717, 1.165) is 0 Å². The highest BCUT2D eigenvalue weighted by Crippen LogP contribution is 2.50. The molecule has 0 heterocycles. The first-order valence-electron chi connectivity index (χ1n) is 20.0. The van der Waals surface area contributed by atoms with Gasteiger partial charge in [0.15, 0.2) is 0 Å². The maximum absolute atomic E-state index is 2.56. The van der Waals surface area contributed by atoms with Crippen LogP contribution in [0.1, 0.15) is 0 Å². The lowest BCUT2D eigenvalue weighted by Crippen LogP contribution is -2.40. The third-order valence-corrected chi connectivity index (χ3v) is 16.2. The van der Waals surface area contributed by atoms with Crippen LogP contribution in [0.3, 0.4) is 0 Å². The summed E-state index contributed by atoms with van der Waals surface area (Å²) in [5, 5.41) is 18.6. The lowest BCUT2D eigenvalue weighted by Gasteiger charge is -2.30. The van der Waals surface area contributed by atoms with Gasteiger partial charge >= 0.3 is 0 Å². The van der Waals surface area contributed by atoms with Crippen LogP contribution >= 0.6 is 0 Å². The van der Waals surface area contributed by atoms with Crippen molar-refractivity contribution >= 4 is 91.2 Å². The average molecular weight is 751 g/mol. The fourth-order valence-electron chi connectivity index (χ4n) is 9.51. The molecule has 0 aromatic heterocycles. The highest BCUT2D eigenvalue weighted by Gasteiger charge is 2.31. The van der Waals surface area contributed by atoms with Crippen molar-refractivity contribution in [1.82, 2.24) is 0 Å². The first-order chi connectivity index (χ1) is 27.1. The Hall–Kier alpha value is -5.81. The molecule has 0 saturated carbocycles. The van der Waals surface area contributed by atoms with E-state index in [9.17, 15) is 0 Å². The van der Waals surface area contributed by atoms with Crippen LogP contribution in [0.4, 0.5) is 0 Å². The first kappa shape index (κ1) is 34.7. The molecule has 0 N–H and O–H groups in total. The predicted octanol–water partition coefficient (Wildman–Crippen LogP) is 14.7. The van der Waals surface area contributed by atoms with Crippen molar-refractivity contribution in [3.05, 3.63) is 170 Å². The Labute approximate surface area is 332 Å². The van der Waals surface area contributed by atoms with Crippen molar-refractivity contribution in [2.45, 2.75) is 39.3 Å². The Morgan fingerprint density at radius 1 is 0.250 bits per heavy atom. The molecule has 10 rings (SSSR count). The number of hydrogen-bond donors (Lipinski definition) is 0. The third-order valence-electron chi connectivity index (χ3n) is 12.1. The van der Waals surface area contributed by atoms with Gasteiger partial charge in [0.25, 0.3) is 0 Å². The van der Waals surface area contributed by atoms with E-state index in [4.69, 9.17) is 0 Å². The molecule has 10 aromatic carbocycles. The zero-order valence-corrected chi connectivity index (χ0v) is 35.2. The van der Waals surface area contributed by atoms with Crippen LogP contribution in [0.5, 0.6) is 0 Å². The molecular weight excluding hydrogens is 705 g/mol. The van der Waals surface area contributed by atoms with Crippen LogP contribution in [-0.2, 0) is 0 Å². The van der Waals surface area contributed by atoms with Crippen molar-refractivity contribution in [1.29, 1.82) is 0 Å². The molecule has 0 radical (unpaired) electrons. The van der Waals surface area contributed by atoms with E-state index >= 15 is 0 Å². The molecule has 0 nitrogen and oxygen atoms in total. The Bertz CT molecular complexity index is 3200. The minimum absolute atomic E-state index is 1.26. The van der Waals surface area contributed by atoms with Gasteiger partial charge in [-0.3, -0.25) is 0 Å². The van der Waals surface area contributed by atoms with E-state index < -0.39 is 16.1 Å². The fraction of sp³-hybridized carbons (Fsp3) is 0.111. The van der Waals surface area contributed by atoms with Gasteiger partial charge in [-0.15, -0.1) is 0 Å². The molecule has 56 heavy (non-hydrogen) atoms. The summed E-state index contributed by atoms with van der Waals surface area (Å²) in [6, 6.07) is 64.8. The Kier molecular flexibility index (Phi) is 7.97. The zero-order chi connectivity index (χ0) is 38.3. The van der Waals surface area contributed by atoms with Gasteiger partial charge in [0.05, 0.1) is 16.1 Å². The molecule has 0 aliphatic carbocycles. The van der Waals surface area contributed by atoms with Crippen molar-refractivity contribution in [3.8, 4) is 33.4 Å². The normalized spacial score (nSPS) is 12.5. The van der Waals surface area contributed by atoms with Crippen LogP contribution in [-0.4, -0.2) is 16.1 Å². The maximum Gasteiger partial charge on any atom is 0.0784 e. The molecule has 0 fully saturated rings. The minimum Gasteiger partial charge on any atom is -0.0656 e. The standard InChI is InChI=1S/C54H46Si2/c1-55(2,3)49-32-30-43-39-21-11-8-17-36(39)26-28-46(43)51(49)48-34-38-19-10-14-24-42(38)52(45-25-15-20-35-16-7-13-23-41(35)45)54(48)53-47-29-27-37-18-9-12-22-40(37)44(47)31-33-50(53)56(4,5)6/h7-34H,1-6H3. The molecule has 0 saturated heterocycles. The van der Waals surface area contributed by atoms with E-state index in [1.54, 1.807) is 0 Å². The van der Waals surface area contributed by atoms with Crippen molar-refractivity contribution in [2.75, 3.05) is 0 Å². The predicted molar refractivity (Wildman–Crippen MR) is 254 cm³/mol. The molecule has 0 unspecified atom stereocenters. The molecule has 0 bridgehead atoms. The Morgan fingerprint density at radius 2 is 0.679 bits per heavy atom. The van der Waals surface area contributed by atoms with Gasteiger partial charge in [-0.1, -0.05) is 213 Å². The minimum atomic E-state index is -1.95. The average Bonchev–Trinajstić information content (AvgIpc) is 3.21. The van der Waals surface area contributed by atoms with Gasteiger partial charge in [0.2, 0.25) is 0 Å².